The molecule has 5 heteroatoms. The van der Waals surface area contributed by atoms with Gasteiger partial charge in [-0.05, 0) is 17.7 Å². The molecule has 4 nitrogen and oxygen atoms in total. The highest BCUT2D eigenvalue weighted by Gasteiger charge is 2.29. The van der Waals surface area contributed by atoms with Gasteiger partial charge in [0, 0.05) is 29.3 Å². The quantitative estimate of drug-likeness (QED) is 0.630. The first-order chi connectivity index (χ1) is 8.58. The lowest BCUT2D eigenvalue weighted by molar-refractivity contribution is 0.100. The van der Waals surface area contributed by atoms with E-state index in [0.29, 0.717) is 16.1 Å². The van der Waals surface area contributed by atoms with Gasteiger partial charge in [-0.25, -0.2) is 9.97 Å². The lowest BCUT2D eigenvalue weighted by Crippen LogP contribution is -2.06. The van der Waals surface area contributed by atoms with Crippen molar-refractivity contribution in [2.24, 2.45) is 0 Å². The Morgan fingerprint density at radius 2 is 2.00 bits per heavy atom. The molecular formula is C13H7ClN2O2. The number of benzene rings is 1. The highest BCUT2D eigenvalue weighted by molar-refractivity contribution is 6.32. The average Bonchev–Trinajstić information content (AvgIpc) is 2.62. The smallest absolute Gasteiger partial charge is 0.212 e. The number of ketones is 2. The molecule has 18 heavy (non-hydrogen) atoms. The van der Waals surface area contributed by atoms with Crippen molar-refractivity contribution >= 4 is 23.2 Å². The van der Waals surface area contributed by atoms with Crippen molar-refractivity contribution in [3.05, 3.63) is 46.5 Å². The summed E-state index contributed by atoms with van der Waals surface area (Å²) in [5.41, 5.74) is 2.19. The van der Waals surface area contributed by atoms with Crippen LogP contribution < -0.4 is 0 Å². The third-order valence-corrected chi connectivity index (χ3v) is 3.07. The topological polar surface area (TPSA) is 59.9 Å². The number of hydrogen-bond acceptors (Lipinski definition) is 4. The number of fused-ring (bicyclic) bond motifs is 3. The maximum Gasteiger partial charge on any atom is 0.212 e. The van der Waals surface area contributed by atoms with Crippen molar-refractivity contribution in [2.45, 2.75) is 6.92 Å². The normalized spacial score (nSPS) is 12.2. The first-order valence-electron chi connectivity index (χ1n) is 5.30. The molecule has 0 aliphatic heterocycles. The summed E-state index contributed by atoms with van der Waals surface area (Å²) in [6.07, 6.45) is 1.51. The second kappa shape index (κ2) is 3.71. The fourth-order valence-electron chi connectivity index (χ4n) is 1.99. The molecule has 0 amide bonds. The largest absolute Gasteiger partial charge is 0.291 e. The Hall–Kier alpha value is -2.07. The van der Waals surface area contributed by atoms with E-state index in [1.807, 2.05) is 0 Å². The van der Waals surface area contributed by atoms with Crippen molar-refractivity contribution in [3.63, 3.8) is 0 Å². The second-order valence-electron chi connectivity index (χ2n) is 4.03. The summed E-state index contributed by atoms with van der Waals surface area (Å²) in [5, 5.41) is 0.495. The van der Waals surface area contributed by atoms with Crippen LogP contribution in [0.5, 0.6) is 0 Å². The van der Waals surface area contributed by atoms with Crippen LogP contribution in [0.25, 0.3) is 11.1 Å². The summed E-state index contributed by atoms with van der Waals surface area (Å²) in [4.78, 5) is 31.4. The van der Waals surface area contributed by atoms with Gasteiger partial charge in [-0.3, -0.25) is 9.59 Å². The van der Waals surface area contributed by atoms with Crippen LogP contribution in [0, 0.1) is 0 Å². The summed E-state index contributed by atoms with van der Waals surface area (Å²) in [7, 11) is 0. The van der Waals surface area contributed by atoms with Gasteiger partial charge in [0.2, 0.25) is 5.78 Å². The summed E-state index contributed by atoms with van der Waals surface area (Å²) in [6, 6.07) is 5.08. The second-order valence-corrected chi connectivity index (χ2v) is 4.47. The van der Waals surface area contributed by atoms with Crippen LogP contribution in [0.1, 0.15) is 33.6 Å². The molecule has 1 aliphatic carbocycles. The van der Waals surface area contributed by atoms with Crippen molar-refractivity contribution in [1.82, 2.24) is 9.97 Å². The Kier molecular flexibility index (Phi) is 2.28. The lowest BCUT2D eigenvalue weighted by Gasteiger charge is -1.99. The number of hydrogen-bond donors (Lipinski definition) is 0. The maximum absolute atomic E-state index is 12.2. The minimum absolute atomic E-state index is 0.0565. The van der Waals surface area contributed by atoms with Gasteiger partial charge in [0.15, 0.2) is 11.6 Å². The molecule has 0 bridgehead atoms. The first kappa shape index (κ1) is 11.0. The molecule has 0 spiro atoms. The summed E-state index contributed by atoms with van der Waals surface area (Å²) in [6.45, 7) is 1.37. The Bertz CT molecular complexity index is 710. The standard InChI is InChI=1S/C13H7ClN2O2/c1-6(17)13-15-5-10-8-3-2-7(14)4-9(8)12(18)11(10)16-13/h2-5H,1H3. The molecule has 0 atom stereocenters. The molecular weight excluding hydrogens is 252 g/mol. The number of carbonyl (C=O) groups is 2. The van der Waals surface area contributed by atoms with Gasteiger partial charge in [-0.1, -0.05) is 17.7 Å². The van der Waals surface area contributed by atoms with E-state index in [1.54, 1.807) is 18.2 Å². The Labute approximate surface area is 108 Å². The fourth-order valence-corrected chi connectivity index (χ4v) is 2.16. The molecule has 1 aromatic carbocycles. The summed E-state index contributed by atoms with van der Waals surface area (Å²) in [5.74, 6) is -0.423. The van der Waals surface area contributed by atoms with E-state index >= 15 is 0 Å². The van der Waals surface area contributed by atoms with E-state index in [9.17, 15) is 9.59 Å². The van der Waals surface area contributed by atoms with E-state index in [0.717, 1.165) is 5.56 Å². The van der Waals surface area contributed by atoms with Crippen LogP contribution in [0.15, 0.2) is 24.4 Å². The number of carbonyl (C=O) groups excluding carboxylic acids is 2. The van der Waals surface area contributed by atoms with E-state index in [-0.39, 0.29) is 23.1 Å². The molecule has 0 N–H and O–H groups in total. The lowest BCUT2D eigenvalue weighted by atomic mass is 10.1. The van der Waals surface area contributed by atoms with Crippen LogP contribution in [-0.2, 0) is 0 Å². The average molecular weight is 259 g/mol. The summed E-state index contributed by atoms with van der Waals surface area (Å²) >= 11 is 5.87. The SMILES string of the molecule is CC(=O)c1ncc2c(n1)C(=O)c1cc(Cl)ccc1-2. The van der Waals surface area contributed by atoms with Gasteiger partial charge in [-0.2, -0.15) is 0 Å². The minimum atomic E-state index is -0.264. The zero-order valence-electron chi connectivity index (χ0n) is 9.40. The number of halogens is 1. The molecule has 1 aromatic heterocycles. The van der Waals surface area contributed by atoms with Gasteiger partial charge in [0.25, 0.3) is 0 Å². The predicted octanol–water partition coefficient (Wildman–Crippen LogP) is 2.54. The summed E-state index contributed by atoms with van der Waals surface area (Å²) < 4.78 is 0. The Balaban J connectivity index is 2.26. The van der Waals surface area contributed by atoms with Crippen LogP contribution in [0.4, 0.5) is 0 Å². The van der Waals surface area contributed by atoms with Gasteiger partial charge in [0.1, 0.15) is 5.69 Å². The van der Waals surface area contributed by atoms with Gasteiger partial charge in [0.05, 0.1) is 0 Å². The minimum Gasteiger partial charge on any atom is -0.291 e. The molecule has 0 saturated carbocycles. The number of Topliss-reactive ketones (excluding diaryl/α,β-unsaturated/α-hetero) is 1. The van der Waals surface area contributed by atoms with Gasteiger partial charge >= 0.3 is 0 Å². The molecule has 0 fully saturated rings. The van der Waals surface area contributed by atoms with Gasteiger partial charge in [-0.15, -0.1) is 0 Å². The molecule has 2 aromatic rings. The van der Waals surface area contributed by atoms with Crippen LogP contribution in [0.2, 0.25) is 5.02 Å². The van der Waals surface area contributed by atoms with Crippen molar-refractivity contribution in [2.75, 3.05) is 0 Å². The van der Waals surface area contributed by atoms with Gasteiger partial charge < -0.3 is 0 Å². The zero-order chi connectivity index (χ0) is 12.9. The fraction of sp³-hybridized carbons (Fsp3) is 0.0769. The maximum atomic E-state index is 12.2. The highest BCUT2D eigenvalue weighted by Crippen LogP contribution is 2.36. The van der Waals surface area contributed by atoms with Crippen LogP contribution in [-0.4, -0.2) is 21.5 Å². The molecule has 1 heterocycles. The number of nitrogens with zero attached hydrogens (tertiary/aromatic N) is 2. The van der Waals surface area contributed by atoms with E-state index in [4.69, 9.17) is 11.6 Å². The van der Waals surface area contributed by atoms with Crippen molar-refractivity contribution in [1.29, 1.82) is 0 Å². The zero-order valence-corrected chi connectivity index (χ0v) is 10.2. The molecule has 88 valence electrons. The molecule has 0 saturated heterocycles. The molecule has 3 rings (SSSR count). The molecule has 1 aliphatic rings. The molecule has 0 radical (unpaired) electrons. The van der Waals surface area contributed by atoms with E-state index < -0.39 is 0 Å². The van der Waals surface area contributed by atoms with Crippen molar-refractivity contribution < 1.29 is 9.59 Å². The van der Waals surface area contributed by atoms with E-state index in [2.05, 4.69) is 9.97 Å². The number of rotatable bonds is 1. The number of aromatic nitrogens is 2. The highest BCUT2D eigenvalue weighted by atomic mass is 35.5. The van der Waals surface area contributed by atoms with E-state index in [1.165, 1.54) is 13.1 Å². The van der Waals surface area contributed by atoms with Crippen LogP contribution >= 0.6 is 11.6 Å². The molecule has 0 unspecified atom stereocenters. The van der Waals surface area contributed by atoms with Crippen molar-refractivity contribution in [3.8, 4) is 11.1 Å². The Morgan fingerprint density at radius 1 is 1.22 bits per heavy atom. The predicted molar refractivity (Wildman–Crippen MR) is 65.9 cm³/mol. The Morgan fingerprint density at radius 3 is 2.72 bits per heavy atom. The third-order valence-electron chi connectivity index (χ3n) is 2.84. The monoisotopic (exact) mass is 258 g/mol. The first-order valence-corrected chi connectivity index (χ1v) is 5.68. The third kappa shape index (κ3) is 1.46. The van der Waals surface area contributed by atoms with Crippen LogP contribution in [0.3, 0.4) is 0 Å².